The van der Waals surface area contributed by atoms with Crippen LogP contribution >= 0.6 is 0 Å². The smallest absolute Gasteiger partial charge is 0.161 e. The van der Waals surface area contributed by atoms with E-state index in [4.69, 9.17) is 16.2 Å². The molecule has 0 saturated heterocycles. The van der Waals surface area contributed by atoms with Crippen molar-refractivity contribution < 1.29 is 30.0 Å². The highest BCUT2D eigenvalue weighted by Crippen LogP contribution is 2.47. The van der Waals surface area contributed by atoms with E-state index in [-0.39, 0.29) is 41.7 Å². The van der Waals surface area contributed by atoms with Gasteiger partial charge in [-0.3, -0.25) is 9.79 Å². The maximum Gasteiger partial charge on any atom is 0.161 e. The molecule has 0 radical (unpaired) electrons. The number of nitrogens with zero attached hydrogens (tertiary/aromatic N) is 1. The number of hydrogen-bond acceptors (Lipinski definition) is 9. The van der Waals surface area contributed by atoms with Crippen molar-refractivity contribution >= 4 is 12.0 Å². The number of allylic oxidation sites excluding steroid dienone is 5. The normalized spacial score (nSPS) is 18.4. The highest BCUT2D eigenvalue weighted by atomic mass is 16.5. The summed E-state index contributed by atoms with van der Waals surface area (Å²) in [6.45, 7) is 2.06. The van der Waals surface area contributed by atoms with E-state index in [9.17, 15) is 25.2 Å². The van der Waals surface area contributed by atoms with Crippen LogP contribution in [0.4, 0.5) is 0 Å². The Hall–Kier alpha value is -4.70. The molecule has 1 aliphatic carbocycles. The van der Waals surface area contributed by atoms with E-state index < -0.39 is 12.1 Å². The van der Waals surface area contributed by atoms with Crippen LogP contribution in [0.2, 0.25) is 0 Å². The van der Waals surface area contributed by atoms with Crippen LogP contribution in [0.15, 0.2) is 95.3 Å². The number of hydrogen-bond donors (Lipinski definition) is 5. The number of ether oxygens (including phenoxy) is 1. The van der Waals surface area contributed by atoms with Gasteiger partial charge in [0.2, 0.25) is 0 Å². The van der Waals surface area contributed by atoms with Crippen molar-refractivity contribution in [3.05, 3.63) is 124 Å². The summed E-state index contributed by atoms with van der Waals surface area (Å²) < 4.78 is 6.02. The summed E-state index contributed by atoms with van der Waals surface area (Å²) in [6, 6.07) is 16.5. The SMILES string of the molecule is C[C@H](O)CCCCC/C=C/C(=O)CCc1ccc(O)c(OCCc2ccc(O)c([C@@H]3c4ccc(C(N)N)cc4CC[C@H]3C([O-])=C3C=CN=C3)c2)c1. The van der Waals surface area contributed by atoms with Crippen molar-refractivity contribution in [1.82, 2.24) is 0 Å². The Morgan fingerprint density at radius 2 is 1.78 bits per heavy atom. The summed E-state index contributed by atoms with van der Waals surface area (Å²) in [5, 5.41) is 44.8. The molecular weight excluding hydrogens is 642 g/mol. The number of aromatic hydroxyl groups is 2. The second kappa shape index (κ2) is 18.0. The monoisotopic (exact) mass is 692 g/mol. The number of nitrogens with two attached hydrogens (primary N) is 2. The molecule has 3 aromatic rings. The van der Waals surface area contributed by atoms with Gasteiger partial charge in [0.1, 0.15) is 5.75 Å². The molecule has 0 amide bonds. The molecule has 2 aliphatic rings. The third kappa shape index (κ3) is 10.2. The summed E-state index contributed by atoms with van der Waals surface area (Å²) >= 11 is 0. The minimum atomic E-state index is -0.613. The van der Waals surface area contributed by atoms with Crippen LogP contribution in [-0.4, -0.2) is 40.0 Å². The maximum atomic E-state index is 13.8. The average molecular weight is 693 g/mol. The van der Waals surface area contributed by atoms with Gasteiger partial charge in [0.25, 0.3) is 0 Å². The number of carbonyl (C=O) groups excluding carboxylic acids is 1. The zero-order chi connectivity index (χ0) is 36.3. The molecule has 9 nitrogen and oxygen atoms in total. The summed E-state index contributed by atoms with van der Waals surface area (Å²) in [6.07, 6.45) is 14.9. The first-order chi connectivity index (χ1) is 24.6. The van der Waals surface area contributed by atoms with Crippen LogP contribution in [0.5, 0.6) is 17.2 Å². The van der Waals surface area contributed by atoms with Gasteiger partial charge in [0, 0.05) is 36.7 Å². The number of unbranched alkanes of at least 4 members (excludes halogenated alkanes) is 3. The van der Waals surface area contributed by atoms with Gasteiger partial charge in [-0.15, -0.1) is 5.76 Å². The van der Waals surface area contributed by atoms with Gasteiger partial charge in [-0.25, -0.2) is 0 Å². The fraction of sp³-hybridized carbons (Fsp3) is 0.381. The van der Waals surface area contributed by atoms with E-state index in [1.54, 1.807) is 55.8 Å². The summed E-state index contributed by atoms with van der Waals surface area (Å²) in [5.74, 6) is -0.274. The summed E-state index contributed by atoms with van der Waals surface area (Å²) in [7, 11) is 0. The standard InChI is InChI=1S/C42H51N3O6/c1-27(46)7-5-3-2-4-6-8-33(47)14-9-28-11-18-38(49)39(24-28)51-22-20-29-10-17-37(48)36(23-29)40-34-15-13-31(42(43)44)25-30(34)12-16-35(40)41(50)32-19-21-45-26-32/h6,8,10-11,13,15,17-19,21,23-27,35,40,42,46,48-50H,2-5,7,9,12,14,16,20,22,43-44H2,1H3/p-1/b8-6+,41-32?/t27-,35+,40+/m0/s1. The Bertz CT molecular complexity index is 1780. The zero-order valence-corrected chi connectivity index (χ0v) is 29.3. The quantitative estimate of drug-likeness (QED) is 0.0501. The van der Waals surface area contributed by atoms with Crippen molar-refractivity contribution in [3.8, 4) is 17.2 Å². The van der Waals surface area contributed by atoms with Crippen molar-refractivity contribution in [2.24, 2.45) is 22.4 Å². The number of aliphatic hydroxyl groups is 1. The number of carbonyl (C=O) groups is 1. The molecule has 0 bridgehead atoms. The number of rotatable bonds is 17. The molecule has 51 heavy (non-hydrogen) atoms. The topological polar surface area (TPSA) is 174 Å². The maximum absolute atomic E-state index is 13.8. The molecule has 3 aromatic carbocycles. The van der Waals surface area contributed by atoms with E-state index in [2.05, 4.69) is 4.99 Å². The van der Waals surface area contributed by atoms with Gasteiger partial charge < -0.3 is 36.6 Å². The lowest BCUT2D eigenvalue weighted by Gasteiger charge is -2.39. The fourth-order valence-electron chi connectivity index (χ4n) is 6.93. The molecule has 0 spiro atoms. The third-order valence-corrected chi connectivity index (χ3v) is 9.75. The molecule has 9 heteroatoms. The lowest BCUT2D eigenvalue weighted by Crippen LogP contribution is -2.30. The highest BCUT2D eigenvalue weighted by Gasteiger charge is 2.33. The minimum Gasteiger partial charge on any atom is -0.875 e. The second-order valence-corrected chi connectivity index (χ2v) is 13.7. The predicted octanol–water partition coefficient (Wildman–Crippen LogP) is 5.93. The number of aryl methyl sites for hydroxylation is 2. The van der Waals surface area contributed by atoms with Crippen molar-refractivity contribution in [1.29, 1.82) is 0 Å². The van der Waals surface area contributed by atoms with Crippen LogP contribution in [-0.2, 0) is 24.1 Å². The Kier molecular flexibility index (Phi) is 13.2. The summed E-state index contributed by atoms with van der Waals surface area (Å²) in [4.78, 5) is 16.5. The first-order valence-corrected chi connectivity index (χ1v) is 18.0. The molecule has 270 valence electrons. The first kappa shape index (κ1) is 37.6. The average Bonchev–Trinajstić information content (AvgIpc) is 3.66. The van der Waals surface area contributed by atoms with E-state index in [0.717, 1.165) is 59.9 Å². The largest absolute Gasteiger partial charge is 0.875 e. The number of phenolic OH excluding ortho intramolecular Hbond substituents is 2. The van der Waals surface area contributed by atoms with E-state index in [0.29, 0.717) is 49.0 Å². The van der Waals surface area contributed by atoms with Gasteiger partial charge in [-0.05, 0) is 115 Å². The van der Waals surface area contributed by atoms with E-state index in [1.807, 2.05) is 36.4 Å². The highest BCUT2D eigenvalue weighted by molar-refractivity contribution is 5.89. The van der Waals surface area contributed by atoms with Crippen LogP contribution in [0.25, 0.3) is 0 Å². The molecule has 5 rings (SSSR count). The molecule has 7 N–H and O–H groups in total. The molecule has 0 fully saturated rings. The number of benzene rings is 3. The molecule has 1 heterocycles. The number of phenols is 2. The van der Waals surface area contributed by atoms with Crippen LogP contribution in [0, 0.1) is 5.92 Å². The lowest BCUT2D eigenvalue weighted by atomic mass is 9.69. The molecule has 0 aromatic heterocycles. The van der Waals surface area contributed by atoms with Crippen molar-refractivity contribution in [2.45, 2.75) is 89.3 Å². The zero-order valence-electron chi connectivity index (χ0n) is 29.3. The Morgan fingerprint density at radius 1 is 1.00 bits per heavy atom. The third-order valence-electron chi connectivity index (χ3n) is 9.75. The second-order valence-electron chi connectivity index (χ2n) is 13.7. The molecule has 0 saturated carbocycles. The Balaban J connectivity index is 1.24. The Labute approximate surface area is 300 Å². The van der Waals surface area contributed by atoms with Crippen LogP contribution in [0.1, 0.15) is 97.3 Å². The predicted molar refractivity (Wildman–Crippen MR) is 199 cm³/mol. The Morgan fingerprint density at radius 3 is 2.53 bits per heavy atom. The number of fused-ring (bicyclic) bond motifs is 1. The molecule has 1 aliphatic heterocycles. The van der Waals surface area contributed by atoms with Gasteiger partial charge in [0.05, 0.1) is 18.9 Å². The first-order valence-electron chi connectivity index (χ1n) is 18.0. The summed E-state index contributed by atoms with van der Waals surface area (Å²) in [5.41, 5.74) is 17.8. The number of aliphatic hydroxyl groups excluding tert-OH is 1. The van der Waals surface area contributed by atoms with Gasteiger partial charge in [-0.1, -0.05) is 55.3 Å². The number of ketones is 1. The molecule has 0 unspecified atom stereocenters. The van der Waals surface area contributed by atoms with E-state index in [1.165, 1.54) is 0 Å². The van der Waals surface area contributed by atoms with Gasteiger partial charge in [-0.2, -0.15) is 0 Å². The molecule has 3 atom stereocenters. The van der Waals surface area contributed by atoms with Gasteiger partial charge in [0.15, 0.2) is 17.3 Å². The van der Waals surface area contributed by atoms with Crippen molar-refractivity contribution in [2.75, 3.05) is 6.61 Å². The van der Waals surface area contributed by atoms with Crippen LogP contribution in [0.3, 0.4) is 0 Å². The fourth-order valence-corrected chi connectivity index (χ4v) is 6.93. The minimum absolute atomic E-state index is 0.0102. The van der Waals surface area contributed by atoms with Crippen LogP contribution < -0.4 is 21.3 Å². The van der Waals surface area contributed by atoms with E-state index >= 15 is 0 Å². The molecular formula is C42H50N3O6-. The number of aliphatic imine (C=N–C) groups is 1. The van der Waals surface area contributed by atoms with Crippen molar-refractivity contribution in [3.63, 3.8) is 0 Å². The van der Waals surface area contributed by atoms with Gasteiger partial charge >= 0.3 is 0 Å². The lowest BCUT2D eigenvalue weighted by molar-refractivity contribution is -0.317.